The number of carboxylic acid groups (broad SMARTS) is 1. The molecule has 1 fully saturated rings. The third-order valence-electron chi connectivity index (χ3n) is 6.79. The summed E-state index contributed by atoms with van der Waals surface area (Å²) in [6.45, 7) is 5.34. The lowest BCUT2D eigenvalue weighted by atomic mass is 9.85. The summed E-state index contributed by atoms with van der Waals surface area (Å²) >= 11 is 0. The number of para-hydroxylation sites is 2. The Morgan fingerprint density at radius 2 is 1.94 bits per heavy atom. The molecule has 0 aromatic heterocycles. The van der Waals surface area contributed by atoms with Gasteiger partial charge in [0, 0.05) is 23.8 Å². The van der Waals surface area contributed by atoms with E-state index in [2.05, 4.69) is 0 Å². The highest BCUT2D eigenvalue weighted by molar-refractivity contribution is 5.70. The van der Waals surface area contributed by atoms with Crippen molar-refractivity contribution in [2.75, 3.05) is 0 Å². The summed E-state index contributed by atoms with van der Waals surface area (Å²) in [5.41, 5.74) is 1.02. The molecule has 1 saturated carbocycles. The van der Waals surface area contributed by atoms with E-state index in [1.807, 2.05) is 68.5 Å². The Kier molecular flexibility index (Phi) is 6.50. The van der Waals surface area contributed by atoms with E-state index in [-0.39, 0.29) is 17.9 Å². The maximum Gasteiger partial charge on any atom is 0.306 e. The molecule has 6 heteroatoms. The smallest absolute Gasteiger partial charge is 0.306 e. The van der Waals surface area contributed by atoms with E-state index in [9.17, 15) is 20.1 Å². The molecule has 2 aromatic carbocycles. The first kappa shape index (κ1) is 23.3. The predicted molar refractivity (Wildman–Crippen MR) is 125 cm³/mol. The second-order valence-corrected chi connectivity index (χ2v) is 9.69. The summed E-state index contributed by atoms with van der Waals surface area (Å²) in [5.74, 6) is -0.182. The Labute approximate surface area is 194 Å². The molecule has 0 amide bonds. The van der Waals surface area contributed by atoms with Crippen molar-refractivity contribution in [3.63, 3.8) is 0 Å². The first-order chi connectivity index (χ1) is 15.7. The van der Waals surface area contributed by atoms with E-state index in [0.29, 0.717) is 18.6 Å². The van der Waals surface area contributed by atoms with Crippen molar-refractivity contribution in [2.24, 2.45) is 11.8 Å². The summed E-state index contributed by atoms with van der Waals surface area (Å²) in [6, 6.07) is 15.2. The standard InChI is InChI=1S/C27H32O6/c1-16(26(30)31)14-17-8-7-11-20-24-19(21(28)15-22(24)32-25(17)20)12-13-23(29)27(2,3)33-18-9-5-4-6-10-18/h4-13,16,19,21-24,28-29H,14-15H2,1-3H3,(H,30,31)/t16?,19-,21+,22-,23+,24-/m0/s1. The summed E-state index contributed by atoms with van der Waals surface area (Å²) < 4.78 is 12.2. The topological polar surface area (TPSA) is 96.2 Å². The molecule has 1 heterocycles. The van der Waals surface area contributed by atoms with Crippen LogP contribution in [-0.4, -0.2) is 45.2 Å². The highest BCUT2D eigenvalue weighted by Crippen LogP contribution is 2.52. The molecule has 6 atom stereocenters. The zero-order valence-corrected chi connectivity index (χ0v) is 19.2. The van der Waals surface area contributed by atoms with Gasteiger partial charge in [0.05, 0.1) is 12.0 Å². The second-order valence-electron chi connectivity index (χ2n) is 9.69. The van der Waals surface area contributed by atoms with Gasteiger partial charge in [0.2, 0.25) is 0 Å². The van der Waals surface area contributed by atoms with Crippen LogP contribution in [0, 0.1) is 11.8 Å². The van der Waals surface area contributed by atoms with Crippen LogP contribution in [-0.2, 0) is 11.2 Å². The van der Waals surface area contributed by atoms with Crippen LogP contribution in [0.5, 0.6) is 11.5 Å². The van der Waals surface area contributed by atoms with Gasteiger partial charge in [-0.2, -0.15) is 0 Å². The molecule has 0 spiro atoms. The van der Waals surface area contributed by atoms with E-state index in [1.54, 1.807) is 13.0 Å². The van der Waals surface area contributed by atoms with E-state index >= 15 is 0 Å². The van der Waals surface area contributed by atoms with Crippen LogP contribution < -0.4 is 9.47 Å². The van der Waals surface area contributed by atoms with E-state index in [4.69, 9.17) is 9.47 Å². The minimum atomic E-state index is -0.881. The predicted octanol–water partition coefficient (Wildman–Crippen LogP) is 3.95. The number of hydrogen-bond donors (Lipinski definition) is 3. The minimum Gasteiger partial charge on any atom is -0.489 e. The molecule has 1 aliphatic heterocycles. The number of aliphatic hydroxyl groups is 2. The molecular weight excluding hydrogens is 420 g/mol. The fourth-order valence-corrected chi connectivity index (χ4v) is 4.86. The minimum absolute atomic E-state index is 0.0447. The van der Waals surface area contributed by atoms with Gasteiger partial charge in [-0.25, -0.2) is 0 Å². The Balaban J connectivity index is 1.52. The Bertz CT molecular complexity index is 1010. The van der Waals surface area contributed by atoms with Crippen LogP contribution in [0.1, 0.15) is 44.2 Å². The molecule has 6 nitrogen and oxygen atoms in total. The fourth-order valence-electron chi connectivity index (χ4n) is 4.86. The van der Waals surface area contributed by atoms with Gasteiger partial charge < -0.3 is 24.8 Å². The highest BCUT2D eigenvalue weighted by atomic mass is 16.5. The maximum absolute atomic E-state index is 11.3. The Morgan fingerprint density at radius 3 is 2.64 bits per heavy atom. The first-order valence-electron chi connectivity index (χ1n) is 11.5. The van der Waals surface area contributed by atoms with Crippen molar-refractivity contribution >= 4 is 5.97 Å². The molecule has 176 valence electrons. The fraction of sp³-hybridized carbons (Fsp3) is 0.444. The largest absolute Gasteiger partial charge is 0.489 e. The molecule has 0 bridgehead atoms. The molecule has 3 N–H and O–H groups in total. The van der Waals surface area contributed by atoms with Gasteiger partial charge in [0.1, 0.15) is 29.3 Å². The lowest BCUT2D eigenvalue weighted by Gasteiger charge is -2.30. The molecule has 2 aliphatic rings. The number of fused-ring (bicyclic) bond motifs is 3. The molecule has 4 rings (SSSR count). The van der Waals surface area contributed by atoms with Crippen LogP contribution in [0.3, 0.4) is 0 Å². The molecule has 33 heavy (non-hydrogen) atoms. The number of rotatable bonds is 8. The second kappa shape index (κ2) is 9.20. The van der Waals surface area contributed by atoms with Crippen LogP contribution >= 0.6 is 0 Å². The van der Waals surface area contributed by atoms with Crippen LogP contribution in [0.25, 0.3) is 0 Å². The lowest BCUT2D eigenvalue weighted by Crippen LogP contribution is -2.41. The Hall–Kier alpha value is -2.83. The SMILES string of the molecule is CC(Cc1cccc2c1O[C@H]1C[C@@H](O)[C@H](C=C[C@@H](O)C(C)(C)Oc3ccccc3)[C@@H]21)C(=O)O. The zero-order chi connectivity index (χ0) is 23.8. The normalized spacial score (nSPS) is 25.8. The maximum atomic E-state index is 11.3. The van der Waals surface area contributed by atoms with Crippen molar-refractivity contribution < 1.29 is 29.6 Å². The summed E-state index contributed by atoms with van der Waals surface area (Å²) in [5, 5.41) is 30.9. The van der Waals surface area contributed by atoms with Gasteiger partial charge in [-0.15, -0.1) is 0 Å². The molecule has 1 unspecified atom stereocenters. The van der Waals surface area contributed by atoms with E-state index < -0.39 is 29.7 Å². The van der Waals surface area contributed by atoms with Crippen molar-refractivity contribution in [1.29, 1.82) is 0 Å². The van der Waals surface area contributed by atoms with Crippen LogP contribution in [0.2, 0.25) is 0 Å². The highest BCUT2D eigenvalue weighted by Gasteiger charge is 2.49. The molecule has 0 saturated heterocycles. The lowest BCUT2D eigenvalue weighted by molar-refractivity contribution is -0.141. The molecule has 0 radical (unpaired) electrons. The number of hydrogen-bond acceptors (Lipinski definition) is 5. The van der Waals surface area contributed by atoms with Gasteiger partial charge in [0.15, 0.2) is 0 Å². The van der Waals surface area contributed by atoms with Crippen molar-refractivity contribution in [3.8, 4) is 11.5 Å². The number of ether oxygens (including phenoxy) is 2. The number of aliphatic carboxylic acids is 1. The van der Waals surface area contributed by atoms with Gasteiger partial charge in [-0.05, 0) is 38.0 Å². The summed E-state index contributed by atoms with van der Waals surface area (Å²) in [4.78, 5) is 11.3. The Morgan fingerprint density at radius 1 is 1.21 bits per heavy atom. The van der Waals surface area contributed by atoms with E-state index in [0.717, 1.165) is 16.9 Å². The van der Waals surface area contributed by atoms with E-state index in [1.165, 1.54) is 0 Å². The van der Waals surface area contributed by atoms with Crippen molar-refractivity contribution in [2.45, 2.75) is 63.4 Å². The van der Waals surface area contributed by atoms with Gasteiger partial charge >= 0.3 is 5.97 Å². The van der Waals surface area contributed by atoms with Gasteiger partial charge in [-0.1, -0.05) is 55.5 Å². The monoisotopic (exact) mass is 452 g/mol. The number of benzene rings is 2. The quantitative estimate of drug-likeness (QED) is 0.525. The van der Waals surface area contributed by atoms with Gasteiger partial charge in [-0.3, -0.25) is 4.79 Å². The average molecular weight is 453 g/mol. The third-order valence-corrected chi connectivity index (χ3v) is 6.79. The number of aliphatic hydroxyl groups excluding tert-OH is 2. The number of carbonyl (C=O) groups is 1. The van der Waals surface area contributed by atoms with Crippen LogP contribution in [0.4, 0.5) is 0 Å². The summed E-state index contributed by atoms with van der Waals surface area (Å²) in [7, 11) is 0. The van der Waals surface area contributed by atoms with Gasteiger partial charge in [0.25, 0.3) is 0 Å². The third kappa shape index (κ3) is 4.77. The average Bonchev–Trinajstić information content (AvgIpc) is 3.27. The first-order valence-corrected chi connectivity index (χ1v) is 11.5. The summed E-state index contributed by atoms with van der Waals surface area (Å²) in [6.07, 6.45) is 2.82. The molecule has 2 aromatic rings. The zero-order valence-electron chi connectivity index (χ0n) is 19.2. The number of carboxylic acids is 1. The van der Waals surface area contributed by atoms with Crippen molar-refractivity contribution in [3.05, 3.63) is 71.8 Å². The van der Waals surface area contributed by atoms with Crippen LogP contribution in [0.15, 0.2) is 60.7 Å². The molecular formula is C27H32O6. The van der Waals surface area contributed by atoms with Crippen molar-refractivity contribution in [1.82, 2.24) is 0 Å². The molecule has 1 aliphatic carbocycles.